The first-order valence-electron chi connectivity index (χ1n) is 9.99. The van der Waals surface area contributed by atoms with Crippen LogP contribution in [0.4, 0.5) is 0 Å². The number of hydrogen-bond acceptors (Lipinski definition) is 8. The molecule has 2 N–H and O–H groups in total. The van der Waals surface area contributed by atoms with Gasteiger partial charge in [0.25, 0.3) is 0 Å². The molecule has 2 aromatic carbocycles. The molecule has 0 radical (unpaired) electrons. The Hall–Kier alpha value is -2.34. The van der Waals surface area contributed by atoms with Crippen molar-refractivity contribution in [1.82, 2.24) is 15.0 Å². The van der Waals surface area contributed by atoms with Crippen LogP contribution in [0.3, 0.4) is 0 Å². The van der Waals surface area contributed by atoms with Gasteiger partial charge in [-0.2, -0.15) is 16.5 Å². The van der Waals surface area contributed by atoms with Crippen LogP contribution in [0, 0.1) is 0 Å². The molecule has 2 heterocycles. The maximum atomic E-state index is 13.0. The zero-order valence-corrected chi connectivity index (χ0v) is 19.8. The minimum absolute atomic E-state index is 0.0230. The van der Waals surface area contributed by atoms with E-state index in [0.717, 1.165) is 15.2 Å². The van der Waals surface area contributed by atoms with Gasteiger partial charge in [-0.05, 0) is 42.7 Å². The third-order valence-electron chi connectivity index (χ3n) is 4.80. The highest BCUT2D eigenvalue weighted by atomic mass is 32.2. The molecule has 1 aliphatic heterocycles. The Morgan fingerprint density at radius 2 is 1.97 bits per heavy atom. The Balaban J connectivity index is 1.46. The first-order chi connectivity index (χ1) is 15.5. The highest BCUT2D eigenvalue weighted by Gasteiger charge is 2.27. The number of benzene rings is 2. The quantitative estimate of drug-likeness (QED) is 0.472. The maximum Gasteiger partial charge on any atom is 0.241 e. The number of para-hydroxylation sites is 1. The average molecular weight is 494 g/mol. The topological polar surface area (TPSA) is 107 Å². The van der Waals surface area contributed by atoms with E-state index in [1.165, 1.54) is 23.5 Å². The minimum Gasteiger partial charge on any atom is -0.486 e. The van der Waals surface area contributed by atoms with Gasteiger partial charge in [0.15, 0.2) is 11.5 Å². The van der Waals surface area contributed by atoms with Gasteiger partial charge >= 0.3 is 0 Å². The number of nitrogens with zero attached hydrogens (tertiary/aromatic N) is 1. The van der Waals surface area contributed by atoms with Gasteiger partial charge in [-0.25, -0.2) is 13.4 Å². The smallest absolute Gasteiger partial charge is 0.241 e. The van der Waals surface area contributed by atoms with Gasteiger partial charge in [-0.1, -0.05) is 12.1 Å². The fourth-order valence-electron chi connectivity index (χ4n) is 3.21. The number of thioether (sulfide) groups is 1. The number of thiazole rings is 1. The molecule has 3 aromatic rings. The number of ether oxygens (including phenoxy) is 2. The van der Waals surface area contributed by atoms with Crippen molar-refractivity contribution < 1.29 is 22.7 Å². The predicted molar refractivity (Wildman–Crippen MR) is 126 cm³/mol. The van der Waals surface area contributed by atoms with E-state index in [0.29, 0.717) is 36.9 Å². The van der Waals surface area contributed by atoms with Crippen LogP contribution in [0.25, 0.3) is 10.2 Å². The lowest BCUT2D eigenvalue weighted by Gasteiger charge is -2.20. The highest BCUT2D eigenvalue weighted by Crippen LogP contribution is 2.32. The third kappa shape index (κ3) is 5.34. The molecule has 11 heteroatoms. The fraction of sp³-hybridized carbons (Fsp3) is 0.333. The number of carbonyl (C=O) groups is 1. The number of carbonyl (C=O) groups excluding carboxylic acids is 1. The van der Waals surface area contributed by atoms with Crippen molar-refractivity contribution in [3.8, 4) is 11.5 Å². The summed E-state index contributed by atoms with van der Waals surface area (Å²) in [6.45, 7) is 1.01. The van der Waals surface area contributed by atoms with Crippen LogP contribution in [0.15, 0.2) is 47.4 Å². The molecule has 0 fully saturated rings. The Kier molecular flexibility index (Phi) is 7.19. The summed E-state index contributed by atoms with van der Waals surface area (Å²) in [5.41, 5.74) is 0.875. The minimum atomic E-state index is -3.94. The van der Waals surface area contributed by atoms with E-state index in [9.17, 15) is 13.2 Å². The molecular formula is C21H23N3O5S3. The molecule has 170 valence electrons. The molecule has 0 unspecified atom stereocenters. The molecule has 8 nitrogen and oxygen atoms in total. The summed E-state index contributed by atoms with van der Waals surface area (Å²) in [7, 11) is -3.94. The first-order valence-corrected chi connectivity index (χ1v) is 13.7. The second-order valence-corrected chi connectivity index (χ2v) is 10.9. The summed E-state index contributed by atoms with van der Waals surface area (Å²) in [5.74, 6) is 1.12. The van der Waals surface area contributed by atoms with Crippen molar-refractivity contribution in [1.29, 1.82) is 0 Å². The molecule has 0 bridgehead atoms. The summed E-state index contributed by atoms with van der Waals surface area (Å²) < 4.78 is 40.5. The number of hydrogen-bond donors (Lipinski definition) is 2. The van der Waals surface area contributed by atoms with Gasteiger partial charge in [-0.15, -0.1) is 11.3 Å². The van der Waals surface area contributed by atoms with Gasteiger partial charge in [0.05, 0.1) is 21.7 Å². The monoisotopic (exact) mass is 493 g/mol. The second kappa shape index (κ2) is 10.1. The molecule has 0 saturated heterocycles. The molecule has 1 amide bonds. The van der Waals surface area contributed by atoms with E-state index >= 15 is 0 Å². The van der Waals surface area contributed by atoms with Crippen molar-refractivity contribution in [2.24, 2.45) is 0 Å². The van der Waals surface area contributed by atoms with E-state index < -0.39 is 16.1 Å². The zero-order valence-electron chi connectivity index (χ0n) is 17.4. The normalized spacial score (nSPS) is 14.3. The van der Waals surface area contributed by atoms with E-state index in [4.69, 9.17) is 9.47 Å². The third-order valence-corrected chi connectivity index (χ3v) is 7.95. The standard InChI is InChI=1S/C21H23N3O5S3/c1-30-11-8-16(21(25)22-13-20-23-15-4-2-3-5-19(15)31-20)24-32(26,27)14-6-7-17-18(12-14)29-10-9-28-17/h2-7,12,16,24H,8-11,13H2,1H3,(H,22,25)/t16-/m1/s1. The number of rotatable bonds is 9. The van der Waals surface area contributed by atoms with Gasteiger partial charge in [0.2, 0.25) is 15.9 Å². The van der Waals surface area contributed by atoms with Crippen LogP contribution >= 0.6 is 23.1 Å². The lowest BCUT2D eigenvalue weighted by molar-refractivity contribution is -0.122. The molecule has 4 rings (SSSR count). The van der Waals surface area contributed by atoms with Gasteiger partial charge in [-0.3, -0.25) is 4.79 Å². The molecule has 1 aliphatic rings. The van der Waals surface area contributed by atoms with Crippen LogP contribution in [-0.2, 0) is 21.4 Å². The predicted octanol–water partition coefficient (Wildman–Crippen LogP) is 2.78. The van der Waals surface area contributed by atoms with E-state index in [-0.39, 0.29) is 17.3 Å². The largest absolute Gasteiger partial charge is 0.486 e. The Bertz CT molecular complexity index is 1180. The Morgan fingerprint density at radius 3 is 2.75 bits per heavy atom. The van der Waals surface area contributed by atoms with Crippen molar-refractivity contribution >= 4 is 49.2 Å². The second-order valence-electron chi connectivity index (χ2n) is 7.05. The number of fused-ring (bicyclic) bond motifs is 2. The van der Waals surface area contributed by atoms with Crippen LogP contribution in [-0.4, -0.2) is 50.6 Å². The van der Waals surface area contributed by atoms with Crippen LogP contribution in [0.1, 0.15) is 11.4 Å². The summed E-state index contributed by atoms with van der Waals surface area (Å²) in [6.07, 6.45) is 2.27. The SMILES string of the molecule is CSCC[C@@H](NS(=O)(=O)c1ccc2c(c1)OCCO2)C(=O)NCc1nc2ccccc2s1. The first kappa shape index (κ1) is 22.8. The average Bonchev–Trinajstić information content (AvgIpc) is 3.23. The number of aromatic nitrogens is 1. The molecular weight excluding hydrogens is 470 g/mol. The highest BCUT2D eigenvalue weighted by molar-refractivity contribution is 7.98. The summed E-state index contributed by atoms with van der Waals surface area (Å²) in [6, 6.07) is 11.3. The number of nitrogens with one attached hydrogen (secondary N) is 2. The number of sulfonamides is 1. The number of amides is 1. The molecule has 1 aromatic heterocycles. The fourth-order valence-corrected chi connectivity index (χ4v) is 5.83. The van der Waals surface area contributed by atoms with Crippen LogP contribution in [0.2, 0.25) is 0 Å². The summed E-state index contributed by atoms with van der Waals surface area (Å²) in [5, 5.41) is 3.58. The zero-order chi connectivity index (χ0) is 22.6. The van der Waals surface area contributed by atoms with Crippen LogP contribution < -0.4 is 19.5 Å². The lowest BCUT2D eigenvalue weighted by Crippen LogP contribution is -2.46. The molecule has 0 aliphatic carbocycles. The van der Waals surface area contributed by atoms with Gasteiger partial charge in [0.1, 0.15) is 24.3 Å². The Labute approximate surface area is 194 Å². The lowest BCUT2D eigenvalue weighted by atomic mass is 10.2. The van der Waals surface area contributed by atoms with Crippen molar-refractivity contribution in [2.75, 3.05) is 25.2 Å². The van der Waals surface area contributed by atoms with E-state index in [1.54, 1.807) is 17.8 Å². The molecule has 1 atom stereocenters. The van der Waals surface area contributed by atoms with Crippen molar-refractivity contribution in [2.45, 2.75) is 23.9 Å². The van der Waals surface area contributed by atoms with Crippen molar-refractivity contribution in [3.63, 3.8) is 0 Å². The van der Waals surface area contributed by atoms with Crippen molar-refractivity contribution in [3.05, 3.63) is 47.5 Å². The summed E-state index contributed by atoms with van der Waals surface area (Å²) >= 11 is 3.04. The summed E-state index contributed by atoms with van der Waals surface area (Å²) in [4.78, 5) is 17.4. The van der Waals surface area contributed by atoms with Gasteiger partial charge < -0.3 is 14.8 Å². The van der Waals surface area contributed by atoms with Crippen LogP contribution in [0.5, 0.6) is 11.5 Å². The Morgan fingerprint density at radius 1 is 1.19 bits per heavy atom. The van der Waals surface area contributed by atoms with Gasteiger partial charge in [0, 0.05) is 6.07 Å². The van der Waals surface area contributed by atoms with E-state index in [1.807, 2.05) is 30.5 Å². The molecule has 0 saturated carbocycles. The maximum absolute atomic E-state index is 13.0. The van der Waals surface area contributed by atoms with E-state index in [2.05, 4.69) is 15.0 Å². The molecule has 32 heavy (non-hydrogen) atoms. The molecule has 0 spiro atoms.